The summed E-state index contributed by atoms with van der Waals surface area (Å²) in [4.78, 5) is 24.7. The van der Waals surface area contributed by atoms with Crippen LogP contribution in [0.1, 0.15) is 44.0 Å². The number of carbonyl (C=O) groups is 2. The molecule has 0 unspecified atom stereocenters. The Balaban J connectivity index is 1.97. The van der Waals surface area contributed by atoms with Gasteiger partial charge in [-0.25, -0.2) is 22.7 Å². The number of hydrogen-bond acceptors (Lipinski definition) is 4. The summed E-state index contributed by atoms with van der Waals surface area (Å²) in [5, 5.41) is 11.9. The summed E-state index contributed by atoms with van der Waals surface area (Å²) in [6.07, 6.45) is 0.991. The van der Waals surface area contributed by atoms with Gasteiger partial charge in [0.15, 0.2) is 0 Å². The molecule has 26 heavy (non-hydrogen) atoms. The first-order chi connectivity index (χ1) is 12.0. The Morgan fingerprint density at radius 1 is 1.19 bits per heavy atom. The maximum absolute atomic E-state index is 12.5. The first-order valence-electron chi connectivity index (χ1n) is 8.41. The number of rotatable bonds is 4. The number of benzene rings is 1. The average Bonchev–Trinajstić information content (AvgIpc) is 2.53. The van der Waals surface area contributed by atoms with Crippen molar-refractivity contribution in [3.63, 3.8) is 0 Å². The van der Waals surface area contributed by atoms with Crippen molar-refractivity contribution in [1.29, 1.82) is 0 Å². The van der Waals surface area contributed by atoms with Crippen LogP contribution < -0.4 is 10.0 Å². The van der Waals surface area contributed by atoms with Crippen molar-refractivity contribution < 1.29 is 23.1 Å². The smallest absolute Gasteiger partial charge is 0.335 e. The van der Waals surface area contributed by atoms with Gasteiger partial charge in [0.25, 0.3) is 0 Å². The molecule has 1 aliphatic heterocycles. The van der Waals surface area contributed by atoms with E-state index in [1.54, 1.807) is 4.90 Å². The zero-order valence-electron chi connectivity index (χ0n) is 15.2. The SMILES string of the molecule is CC(C)(C)NC(=O)N1CCC(NS(=O)(=O)c2cccc(C(=O)O)c2)CC1. The van der Waals surface area contributed by atoms with Gasteiger partial charge in [0.2, 0.25) is 10.0 Å². The lowest BCUT2D eigenvalue weighted by molar-refractivity contribution is 0.0696. The molecular formula is C17H25N3O5S. The Morgan fingerprint density at radius 2 is 1.81 bits per heavy atom. The first kappa shape index (κ1) is 20.2. The Labute approximate surface area is 153 Å². The van der Waals surface area contributed by atoms with Crippen LogP contribution in [-0.2, 0) is 10.0 Å². The van der Waals surface area contributed by atoms with Crippen LogP contribution in [0.15, 0.2) is 29.2 Å². The fourth-order valence-corrected chi connectivity index (χ4v) is 4.03. The molecule has 1 saturated heterocycles. The maximum Gasteiger partial charge on any atom is 0.335 e. The second-order valence-electron chi connectivity index (χ2n) is 7.40. The number of carboxylic acid groups (broad SMARTS) is 1. The van der Waals surface area contributed by atoms with Crippen molar-refractivity contribution in [1.82, 2.24) is 14.9 Å². The van der Waals surface area contributed by atoms with Crippen LogP contribution in [0.4, 0.5) is 4.79 Å². The van der Waals surface area contributed by atoms with Crippen LogP contribution in [0.5, 0.6) is 0 Å². The molecule has 1 heterocycles. The number of nitrogens with zero attached hydrogens (tertiary/aromatic N) is 1. The Morgan fingerprint density at radius 3 is 2.35 bits per heavy atom. The zero-order chi connectivity index (χ0) is 19.5. The van der Waals surface area contributed by atoms with E-state index >= 15 is 0 Å². The molecule has 0 atom stereocenters. The van der Waals surface area contributed by atoms with Crippen molar-refractivity contribution in [3.05, 3.63) is 29.8 Å². The van der Waals surface area contributed by atoms with Crippen molar-refractivity contribution in [3.8, 4) is 0 Å². The highest BCUT2D eigenvalue weighted by Gasteiger charge is 2.28. The van der Waals surface area contributed by atoms with Crippen molar-refractivity contribution in [2.75, 3.05) is 13.1 Å². The number of aromatic carboxylic acids is 1. The van der Waals surface area contributed by atoms with E-state index in [9.17, 15) is 18.0 Å². The van der Waals surface area contributed by atoms with Crippen molar-refractivity contribution in [2.24, 2.45) is 0 Å². The van der Waals surface area contributed by atoms with Crippen LogP contribution in [0.2, 0.25) is 0 Å². The van der Waals surface area contributed by atoms with E-state index in [1.807, 2.05) is 20.8 Å². The molecule has 144 valence electrons. The first-order valence-corrected chi connectivity index (χ1v) is 9.89. The van der Waals surface area contributed by atoms with E-state index in [0.29, 0.717) is 25.9 Å². The summed E-state index contributed by atoms with van der Waals surface area (Å²) >= 11 is 0. The minimum atomic E-state index is -3.81. The quantitative estimate of drug-likeness (QED) is 0.731. The van der Waals surface area contributed by atoms with E-state index in [1.165, 1.54) is 18.2 Å². The Bertz CT molecular complexity index is 778. The lowest BCUT2D eigenvalue weighted by Gasteiger charge is -2.34. The normalized spacial score (nSPS) is 16.3. The van der Waals surface area contributed by atoms with Crippen LogP contribution >= 0.6 is 0 Å². The van der Waals surface area contributed by atoms with Crippen LogP contribution in [0, 0.1) is 0 Å². The molecular weight excluding hydrogens is 358 g/mol. The second-order valence-corrected chi connectivity index (χ2v) is 9.11. The van der Waals surface area contributed by atoms with E-state index in [4.69, 9.17) is 5.11 Å². The predicted octanol–water partition coefficient (Wildman–Crippen LogP) is 1.64. The van der Waals surface area contributed by atoms with Gasteiger partial charge in [-0.15, -0.1) is 0 Å². The maximum atomic E-state index is 12.5. The van der Waals surface area contributed by atoms with Gasteiger partial charge in [0.1, 0.15) is 0 Å². The number of hydrogen-bond donors (Lipinski definition) is 3. The Kier molecular flexibility index (Phi) is 5.92. The number of sulfonamides is 1. The largest absolute Gasteiger partial charge is 0.478 e. The van der Waals surface area contributed by atoms with Crippen molar-refractivity contribution in [2.45, 2.75) is 50.1 Å². The minimum Gasteiger partial charge on any atom is -0.478 e. The van der Waals surface area contributed by atoms with Crippen LogP contribution in [0.25, 0.3) is 0 Å². The summed E-state index contributed by atoms with van der Waals surface area (Å²) in [6.45, 7) is 6.60. The number of piperidine rings is 1. The third kappa shape index (κ3) is 5.43. The van der Waals surface area contributed by atoms with Gasteiger partial charge in [-0.3, -0.25) is 0 Å². The van der Waals surface area contributed by atoms with Crippen molar-refractivity contribution >= 4 is 22.0 Å². The monoisotopic (exact) mass is 383 g/mol. The predicted molar refractivity (Wildman–Crippen MR) is 96.6 cm³/mol. The summed E-state index contributed by atoms with van der Waals surface area (Å²) in [5.41, 5.74) is -0.411. The highest BCUT2D eigenvalue weighted by atomic mass is 32.2. The lowest BCUT2D eigenvalue weighted by atomic mass is 10.1. The van der Waals surface area contributed by atoms with Gasteiger partial charge in [-0.05, 0) is 51.8 Å². The van der Waals surface area contributed by atoms with Gasteiger partial charge in [0.05, 0.1) is 10.5 Å². The molecule has 0 aliphatic carbocycles. The topological polar surface area (TPSA) is 116 Å². The molecule has 0 saturated carbocycles. The number of likely N-dealkylation sites (tertiary alicyclic amines) is 1. The summed E-state index contributed by atoms with van der Waals surface area (Å²) < 4.78 is 27.6. The molecule has 0 aromatic heterocycles. The second kappa shape index (κ2) is 7.63. The molecule has 0 bridgehead atoms. The molecule has 1 aliphatic rings. The third-order valence-corrected chi connectivity index (χ3v) is 5.50. The number of amides is 2. The fourth-order valence-electron chi connectivity index (χ4n) is 2.68. The number of carbonyl (C=O) groups excluding carboxylic acids is 1. The average molecular weight is 383 g/mol. The molecule has 0 radical (unpaired) electrons. The summed E-state index contributed by atoms with van der Waals surface area (Å²) in [6, 6.07) is 4.78. The summed E-state index contributed by atoms with van der Waals surface area (Å²) in [5.74, 6) is -1.18. The van der Waals surface area contributed by atoms with Crippen LogP contribution in [0.3, 0.4) is 0 Å². The third-order valence-electron chi connectivity index (χ3n) is 3.98. The Hall–Kier alpha value is -2.13. The minimum absolute atomic E-state index is 0.0784. The molecule has 3 N–H and O–H groups in total. The van der Waals surface area contributed by atoms with Gasteiger partial charge < -0.3 is 15.3 Å². The molecule has 2 amide bonds. The van der Waals surface area contributed by atoms with Crippen LogP contribution in [-0.4, -0.2) is 55.1 Å². The zero-order valence-corrected chi connectivity index (χ0v) is 16.0. The van der Waals surface area contributed by atoms with E-state index in [-0.39, 0.29) is 28.1 Å². The number of urea groups is 1. The van der Waals surface area contributed by atoms with E-state index in [2.05, 4.69) is 10.0 Å². The van der Waals surface area contributed by atoms with E-state index in [0.717, 1.165) is 6.07 Å². The van der Waals surface area contributed by atoms with E-state index < -0.39 is 16.0 Å². The molecule has 1 fully saturated rings. The highest BCUT2D eigenvalue weighted by molar-refractivity contribution is 7.89. The molecule has 0 spiro atoms. The standard InChI is InChI=1S/C17H25N3O5S/c1-17(2,3)18-16(23)20-9-7-13(8-10-20)19-26(24,25)14-6-4-5-12(11-14)15(21)22/h4-6,11,13,19H,7-10H2,1-3H3,(H,18,23)(H,21,22). The molecule has 1 aromatic rings. The fraction of sp³-hybridized carbons (Fsp3) is 0.529. The number of carboxylic acids is 1. The molecule has 9 heteroatoms. The van der Waals surface area contributed by atoms with Gasteiger partial charge in [-0.2, -0.15) is 0 Å². The number of nitrogens with one attached hydrogen (secondary N) is 2. The lowest BCUT2D eigenvalue weighted by Crippen LogP contribution is -2.53. The molecule has 1 aromatic carbocycles. The summed E-state index contributed by atoms with van der Waals surface area (Å²) in [7, 11) is -3.81. The van der Waals surface area contributed by atoms with Gasteiger partial charge in [0, 0.05) is 24.7 Å². The molecule has 8 nitrogen and oxygen atoms in total. The highest BCUT2D eigenvalue weighted by Crippen LogP contribution is 2.17. The van der Waals surface area contributed by atoms with Gasteiger partial charge >= 0.3 is 12.0 Å². The van der Waals surface area contributed by atoms with Gasteiger partial charge in [-0.1, -0.05) is 6.07 Å². The molecule has 2 rings (SSSR count).